The van der Waals surface area contributed by atoms with Crippen LogP contribution in [0.25, 0.3) is 22.1 Å². The second-order valence-electron chi connectivity index (χ2n) is 5.33. The van der Waals surface area contributed by atoms with Crippen molar-refractivity contribution in [1.29, 1.82) is 0 Å². The summed E-state index contributed by atoms with van der Waals surface area (Å²) in [5, 5.41) is 9.37. The summed E-state index contributed by atoms with van der Waals surface area (Å²) in [7, 11) is 0. The number of nitrogens with two attached hydrogens (primary N) is 1. The number of hydrogen-bond acceptors (Lipinski definition) is 5. The molecular formula is C15H22N7+. The number of nitrogen functional groups attached to an aromatic ring is 1. The van der Waals surface area contributed by atoms with Gasteiger partial charge in [-0.1, -0.05) is 18.2 Å². The first-order valence-electron chi connectivity index (χ1n) is 7.70. The highest BCUT2D eigenvalue weighted by Gasteiger charge is 2.15. The number of nitrogens with zero attached hydrogens (tertiary/aromatic N) is 4. The summed E-state index contributed by atoms with van der Waals surface area (Å²) in [6, 6.07) is 8.21. The van der Waals surface area contributed by atoms with Crippen LogP contribution < -0.4 is 16.2 Å². The van der Waals surface area contributed by atoms with Gasteiger partial charge in [0.05, 0.1) is 31.7 Å². The fourth-order valence-corrected chi connectivity index (χ4v) is 2.86. The molecule has 22 heavy (non-hydrogen) atoms. The van der Waals surface area contributed by atoms with Crippen LogP contribution in [-0.2, 0) is 6.54 Å². The van der Waals surface area contributed by atoms with Crippen LogP contribution in [0.5, 0.6) is 0 Å². The largest absolute Gasteiger partial charge is 0.334 e. The summed E-state index contributed by atoms with van der Waals surface area (Å²) in [5.74, 6) is 5.76. The van der Waals surface area contributed by atoms with E-state index in [-0.39, 0.29) is 0 Å². The molecule has 0 radical (unpaired) electrons. The fraction of sp³-hybridized carbons (Fsp3) is 0.400. The fourth-order valence-electron chi connectivity index (χ4n) is 2.86. The van der Waals surface area contributed by atoms with E-state index in [4.69, 9.17) is 5.84 Å². The Bertz CT molecular complexity index is 776. The van der Waals surface area contributed by atoms with E-state index in [1.165, 1.54) is 0 Å². The van der Waals surface area contributed by atoms with Crippen molar-refractivity contribution in [3.63, 3.8) is 0 Å². The zero-order valence-corrected chi connectivity index (χ0v) is 13.0. The summed E-state index contributed by atoms with van der Waals surface area (Å²) in [5.41, 5.74) is 5.27. The van der Waals surface area contributed by atoms with Crippen LogP contribution in [0.3, 0.4) is 0 Å². The third-order valence-corrected chi connectivity index (χ3v) is 4.19. The number of nitrogens with one attached hydrogen (secondary N) is 2. The Hall–Kier alpha value is -2.25. The lowest BCUT2D eigenvalue weighted by Gasteiger charge is -2.16. The molecule has 3 rings (SSSR count). The van der Waals surface area contributed by atoms with E-state index in [1.54, 1.807) is 4.90 Å². The predicted molar refractivity (Wildman–Crippen MR) is 87.6 cm³/mol. The van der Waals surface area contributed by atoms with Gasteiger partial charge in [0, 0.05) is 5.39 Å². The van der Waals surface area contributed by atoms with Crippen LogP contribution in [0, 0.1) is 0 Å². The molecule has 0 bridgehead atoms. The first kappa shape index (κ1) is 14.7. The van der Waals surface area contributed by atoms with Gasteiger partial charge in [-0.3, -0.25) is 5.43 Å². The normalized spacial score (nSPS) is 11.6. The van der Waals surface area contributed by atoms with Gasteiger partial charge in [0.2, 0.25) is 0 Å². The Morgan fingerprint density at radius 3 is 2.68 bits per heavy atom. The van der Waals surface area contributed by atoms with Gasteiger partial charge in [-0.2, -0.15) is 4.98 Å². The molecular weight excluding hydrogens is 278 g/mol. The van der Waals surface area contributed by atoms with Crippen LogP contribution in [0.2, 0.25) is 0 Å². The second-order valence-corrected chi connectivity index (χ2v) is 5.33. The number of rotatable bonds is 6. The molecule has 116 valence electrons. The number of benzene rings is 1. The van der Waals surface area contributed by atoms with Gasteiger partial charge in [-0.15, -0.1) is 10.2 Å². The molecule has 7 nitrogen and oxygen atoms in total. The number of para-hydroxylation sites is 1. The number of fused-ring (bicyclic) bond motifs is 3. The summed E-state index contributed by atoms with van der Waals surface area (Å²) < 4.78 is 2.21. The lowest BCUT2D eigenvalue weighted by atomic mass is 10.2. The molecule has 0 aliphatic rings. The van der Waals surface area contributed by atoms with E-state index in [0.717, 1.165) is 48.2 Å². The van der Waals surface area contributed by atoms with Crippen molar-refractivity contribution in [2.24, 2.45) is 5.84 Å². The van der Waals surface area contributed by atoms with E-state index in [0.29, 0.717) is 5.95 Å². The topological polar surface area (TPSA) is 86.1 Å². The standard InChI is InChI=1S/C15H21N7/c1-3-21(4-2)9-10-22-12-8-6-5-7-11(12)13-14(22)17-15(18-16)20-19-13/h5-8H,3-4,9-10,16H2,1-2H3,(H,17,18,20)/p+1. The molecule has 1 aromatic carbocycles. The second kappa shape index (κ2) is 6.25. The van der Waals surface area contributed by atoms with Crippen molar-refractivity contribution in [2.75, 3.05) is 25.1 Å². The number of aromatic nitrogens is 4. The maximum absolute atomic E-state index is 5.42. The Balaban J connectivity index is 2.11. The van der Waals surface area contributed by atoms with Gasteiger partial charge in [0.25, 0.3) is 5.95 Å². The number of anilines is 1. The molecule has 2 aromatic heterocycles. The van der Waals surface area contributed by atoms with Crippen LogP contribution in [0.15, 0.2) is 24.3 Å². The minimum absolute atomic E-state index is 0.340. The Labute approximate surface area is 129 Å². The van der Waals surface area contributed by atoms with E-state index in [1.807, 2.05) is 12.1 Å². The van der Waals surface area contributed by atoms with E-state index < -0.39 is 0 Å². The molecule has 0 unspecified atom stereocenters. The van der Waals surface area contributed by atoms with Crippen molar-refractivity contribution in [3.05, 3.63) is 24.3 Å². The number of quaternary nitrogens is 1. The molecule has 0 saturated carbocycles. The maximum atomic E-state index is 5.42. The van der Waals surface area contributed by atoms with Gasteiger partial charge in [-0.25, -0.2) is 5.84 Å². The minimum atomic E-state index is 0.340. The molecule has 0 fully saturated rings. The first-order valence-corrected chi connectivity index (χ1v) is 7.70. The first-order chi connectivity index (χ1) is 10.8. The molecule has 0 saturated heterocycles. The smallest absolute Gasteiger partial charge is 0.258 e. The lowest BCUT2D eigenvalue weighted by molar-refractivity contribution is -0.897. The van der Waals surface area contributed by atoms with E-state index in [9.17, 15) is 0 Å². The zero-order valence-electron chi connectivity index (χ0n) is 13.0. The quantitative estimate of drug-likeness (QED) is 0.447. The van der Waals surface area contributed by atoms with Gasteiger partial charge in [-0.05, 0) is 19.9 Å². The van der Waals surface area contributed by atoms with E-state index >= 15 is 0 Å². The molecule has 0 amide bonds. The van der Waals surface area contributed by atoms with Crippen LogP contribution in [0.1, 0.15) is 13.8 Å². The minimum Gasteiger partial charge on any atom is -0.334 e. The molecule has 4 N–H and O–H groups in total. The lowest BCUT2D eigenvalue weighted by Crippen LogP contribution is -3.11. The highest BCUT2D eigenvalue weighted by atomic mass is 15.4. The number of hydrogen-bond donors (Lipinski definition) is 3. The molecule has 0 atom stereocenters. The molecule has 0 spiro atoms. The Morgan fingerprint density at radius 2 is 1.95 bits per heavy atom. The Morgan fingerprint density at radius 1 is 1.18 bits per heavy atom. The molecule has 0 aliphatic heterocycles. The average Bonchev–Trinajstić information content (AvgIpc) is 2.89. The van der Waals surface area contributed by atoms with Crippen molar-refractivity contribution in [1.82, 2.24) is 19.7 Å². The summed E-state index contributed by atoms with van der Waals surface area (Å²) in [4.78, 5) is 6.06. The van der Waals surface area contributed by atoms with E-state index in [2.05, 4.69) is 51.2 Å². The van der Waals surface area contributed by atoms with Crippen molar-refractivity contribution < 1.29 is 4.90 Å². The number of hydrazine groups is 1. The van der Waals surface area contributed by atoms with Gasteiger partial charge in [0.1, 0.15) is 5.52 Å². The maximum Gasteiger partial charge on any atom is 0.258 e. The summed E-state index contributed by atoms with van der Waals surface area (Å²) in [6.07, 6.45) is 0. The molecule has 2 heterocycles. The van der Waals surface area contributed by atoms with Crippen LogP contribution >= 0.6 is 0 Å². The van der Waals surface area contributed by atoms with Crippen LogP contribution in [-0.4, -0.2) is 39.4 Å². The number of likely N-dealkylation sites (N-methyl/N-ethyl adjacent to an activating group) is 1. The summed E-state index contributed by atoms with van der Waals surface area (Å²) >= 11 is 0. The predicted octanol–water partition coefficient (Wildman–Crippen LogP) is 0.190. The summed E-state index contributed by atoms with van der Waals surface area (Å²) in [6.45, 7) is 8.61. The molecule has 0 aliphatic carbocycles. The highest BCUT2D eigenvalue weighted by Crippen LogP contribution is 2.25. The van der Waals surface area contributed by atoms with Gasteiger partial charge >= 0.3 is 0 Å². The van der Waals surface area contributed by atoms with Crippen molar-refractivity contribution in [3.8, 4) is 0 Å². The SMILES string of the molecule is CC[NH+](CC)CCn1c2ccccc2c2nnc(NN)nc21. The monoisotopic (exact) mass is 300 g/mol. The van der Waals surface area contributed by atoms with Gasteiger partial charge < -0.3 is 9.47 Å². The Kier molecular flexibility index (Phi) is 4.17. The molecule has 7 heteroatoms. The van der Waals surface area contributed by atoms with Gasteiger partial charge in [0.15, 0.2) is 5.65 Å². The third kappa shape index (κ3) is 2.49. The van der Waals surface area contributed by atoms with Crippen molar-refractivity contribution >= 4 is 28.0 Å². The zero-order chi connectivity index (χ0) is 15.5. The average molecular weight is 300 g/mol. The molecule has 3 aromatic rings. The highest BCUT2D eigenvalue weighted by molar-refractivity contribution is 6.04. The van der Waals surface area contributed by atoms with Crippen LogP contribution in [0.4, 0.5) is 5.95 Å². The third-order valence-electron chi connectivity index (χ3n) is 4.19. The van der Waals surface area contributed by atoms with Crippen molar-refractivity contribution in [2.45, 2.75) is 20.4 Å².